The van der Waals surface area contributed by atoms with Crippen LogP contribution < -0.4 is 5.73 Å². The standard InChI is InChI=1S/C10H7F3N4/c11-10(12,13)8-5-6(1-3-15-8)7-2-4-16-9(14)17-7/h1-5H,(H2,14,16,17). The molecule has 0 saturated heterocycles. The van der Waals surface area contributed by atoms with Gasteiger partial charge in [-0.25, -0.2) is 9.97 Å². The second-order valence-electron chi connectivity index (χ2n) is 3.23. The highest BCUT2D eigenvalue weighted by Crippen LogP contribution is 2.29. The molecule has 0 fully saturated rings. The maximum atomic E-state index is 12.4. The Morgan fingerprint density at radius 3 is 2.41 bits per heavy atom. The summed E-state index contributed by atoms with van der Waals surface area (Å²) < 4.78 is 37.3. The zero-order valence-electron chi connectivity index (χ0n) is 8.44. The number of pyridine rings is 1. The van der Waals surface area contributed by atoms with Gasteiger partial charge in [-0.05, 0) is 18.2 Å². The number of nitrogen functional groups attached to an aromatic ring is 1. The molecule has 2 aromatic rings. The average Bonchev–Trinajstić information content (AvgIpc) is 2.28. The Hall–Kier alpha value is -2.18. The third-order valence-electron chi connectivity index (χ3n) is 2.02. The predicted molar refractivity (Wildman–Crippen MR) is 54.7 cm³/mol. The van der Waals surface area contributed by atoms with Crippen LogP contribution in [0.15, 0.2) is 30.6 Å². The zero-order valence-corrected chi connectivity index (χ0v) is 8.44. The van der Waals surface area contributed by atoms with Crippen LogP contribution in [0, 0.1) is 0 Å². The molecule has 4 nitrogen and oxygen atoms in total. The molecule has 88 valence electrons. The Labute approximate surface area is 94.3 Å². The van der Waals surface area contributed by atoms with E-state index in [-0.39, 0.29) is 5.95 Å². The SMILES string of the molecule is Nc1nccc(-c2ccnc(C(F)(F)F)c2)n1. The second kappa shape index (κ2) is 4.00. The summed E-state index contributed by atoms with van der Waals surface area (Å²) in [5.74, 6) is 0.00729. The van der Waals surface area contributed by atoms with Crippen LogP contribution in [0.25, 0.3) is 11.3 Å². The van der Waals surface area contributed by atoms with E-state index in [0.29, 0.717) is 11.3 Å². The molecule has 0 radical (unpaired) electrons. The predicted octanol–water partition coefficient (Wildman–Crippen LogP) is 2.14. The van der Waals surface area contributed by atoms with Crippen molar-refractivity contribution in [1.29, 1.82) is 0 Å². The number of alkyl halides is 3. The van der Waals surface area contributed by atoms with Gasteiger partial charge in [-0.2, -0.15) is 13.2 Å². The van der Waals surface area contributed by atoms with Crippen molar-refractivity contribution in [2.45, 2.75) is 6.18 Å². The highest BCUT2D eigenvalue weighted by molar-refractivity contribution is 5.59. The lowest BCUT2D eigenvalue weighted by atomic mass is 10.1. The van der Waals surface area contributed by atoms with Gasteiger partial charge < -0.3 is 5.73 Å². The largest absolute Gasteiger partial charge is 0.433 e. The Morgan fingerprint density at radius 1 is 1.06 bits per heavy atom. The number of halogens is 3. The second-order valence-corrected chi connectivity index (χ2v) is 3.23. The van der Waals surface area contributed by atoms with E-state index in [1.165, 1.54) is 18.3 Å². The molecule has 0 aliphatic heterocycles. The lowest BCUT2D eigenvalue weighted by molar-refractivity contribution is -0.141. The first-order valence-corrected chi connectivity index (χ1v) is 4.59. The van der Waals surface area contributed by atoms with E-state index in [1.807, 2.05) is 0 Å². The smallest absolute Gasteiger partial charge is 0.368 e. The number of nitrogens with two attached hydrogens (primary N) is 1. The lowest BCUT2D eigenvalue weighted by Crippen LogP contribution is -2.07. The number of hydrogen-bond acceptors (Lipinski definition) is 4. The minimum Gasteiger partial charge on any atom is -0.368 e. The van der Waals surface area contributed by atoms with Crippen molar-refractivity contribution in [1.82, 2.24) is 15.0 Å². The molecule has 0 aliphatic carbocycles. The van der Waals surface area contributed by atoms with Gasteiger partial charge >= 0.3 is 6.18 Å². The van der Waals surface area contributed by atoms with E-state index in [1.54, 1.807) is 0 Å². The first-order chi connectivity index (χ1) is 7.97. The highest BCUT2D eigenvalue weighted by atomic mass is 19.4. The molecule has 0 spiro atoms. The fourth-order valence-electron chi connectivity index (χ4n) is 1.28. The van der Waals surface area contributed by atoms with Gasteiger partial charge in [0.2, 0.25) is 5.95 Å². The molecule has 0 bridgehead atoms. The average molecular weight is 240 g/mol. The quantitative estimate of drug-likeness (QED) is 0.829. The third-order valence-corrected chi connectivity index (χ3v) is 2.02. The van der Waals surface area contributed by atoms with Gasteiger partial charge in [-0.15, -0.1) is 0 Å². The Morgan fingerprint density at radius 2 is 1.76 bits per heavy atom. The molecule has 0 unspecified atom stereocenters. The minimum absolute atomic E-state index is 0.00729. The summed E-state index contributed by atoms with van der Waals surface area (Å²) in [5, 5.41) is 0. The van der Waals surface area contributed by atoms with Gasteiger partial charge in [0.15, 0.2) is 0 Å². The van der Waals surface area contributed by atoms with Crippen molar-refractivity contribution in [2.24, 2.45) is 0 Å². The number of aromatic nitrogens is 3. The summed E-state index contributed by atoms with van der Waals surface area (Å²) in [6, 6.07) is 3.82. The van der Waals surface area contributed by atoms with E-state index in [2.05, 4.69) is 15.0 Å². The summed E-state index contributed by atoms with van der Waals surface area (Å²) in [6.45, 7) is 0. The van der Waals surface area contributed by atoms with Crippen LogP contribution in [0.1, 0.15) is 5.69 Å². The maximum Gasteiger partial charge on any atom is 0.433 e. The molecule has 2 rings (SSSR count). The molecular formula is C10H7F3N4. The lowest BCUT2D eigenvalue weighted by Gasteiger charge is -2.07. The number of nitrogens with zero attached hydrogens (tertiary/aromatic N) is 3. The van der Waals surface area contributed by atoms with E-state index in [9.17, 15) is 13.2 Å². The molecule has 0 amide bonds. The van der Waals surface area contributed by atoms with Crippen molar-refractivity contribution in [3.05, 3.63) is 36.3 Å². The molecule has 2 aromatic heterocycles. The van der Waals surface area contributed by atoms with Crippen molar-refractivity contribution in [3.8, 4) is 11.3 Å². The van der Waals surface area contributed by atoms with Gasteiger partial charge in [-0.1, -0.05) is 0 Å². The van der Waals surface area contributed by atoms with Gasteiger partial charge in [0.05, 0.1) is 5.69 Å². The van der Waals surface area contributed by atoms with Gasteiger partial charge in [0.1, 0.15) is 5.69 Å². The zero-order chi connectivity index (χ0) is 12.5. The van der Waals surface area contributed by atoms with E-state index in [0.717, 1.165) is 12.3 Å². The van der Waals surface area contributed by atoms with E-state index >= 15 is 0 Å². The Bertz CT molecular complexity index is 539. The molecule has 2 heterocycles. The number of hydrogen-bond donors (Lipinski definition) is 1. The molecule has 7 heteroatoms. The molecule has 0 aliphatic rings. The van der Waals surface area contributed by atoms with Crippen molar-refractivity contribution in [2.75, 3.05) is 5.73 Å². The van der Waals surface area contributed by atoms with Crippen LogP contribution in [-0.4, -0.2) is 15.0 Å². The Kier molecular flexibility index (Phi) is 2.66. The molecule has 0 aromatic carbocycles. The van der Waals surface area contributed by atoms with Crippen molar-refractivity contribution in [3.63, 3.8) is 0 Å². The number of anilines is 1. The molecular weight excluding hydrogens is 233 g/mol. The van der Waals surface area contributed by atoms with Gasteiger partial charge in [-0.3, -0.25) is 4.98 Å². The van der Waals surface area contributed by atoms with Crippen molar-refractivity contribution < 1.29 is 13.2 Å². The summed E-state index contributed by atoms with van der Waals surface area (Å²) in [5.41, 5.74) is 5.01. The van der Waals surface area contributed by atoms with Crippen LogP contribution in [0.5, 0.6) is 0 Å². The molecule has 0 saturated carbocycles. The first-order valence-electron chi connectivity index (χ1n) is 4.59. The summed E-state index contributed by atoms with van der Waals surface area (Å²) >= 11 is 0. The van der Waals surface area contributed by atoms with Crippen LogP contribution in [0.3, 0.4) is 0 Å². The van der Waals surface area contributed by atoms with E-state index in [4.69, 9.17) is 5.73 Å². The monoisotopic (exact) mass is 240 g/mol. The minimum atomic E-state index is -4.48. The number of rotatable bonds is 1. The molecule has 2 N–H and O–H groups in total. The third kappa shape index (κ3) is 2.49. The van der Waals surface area contributed by atoms with Crippen LogP contribution in [0.4, 0.5) is 19.1 Å². The fourth-order valence-corrected chi connectivity index (χ4v) is 1.28. The van der Waals surface area contributed by atoms with Crippen LogP contribution >= 0.6 is 0 Å². The Balaban J connectivity index is 2.47. The first kappa shape index (κ1) is 11.3. The van der Waals surface area contributed by atoms with Crippen molar-refractivity contribution >= 4 is 5.95 Å². The fraction of sp³-hybridized carbons (Fsp3) is 0.100. The maximum absolute atomic E-state index is 12.4. The van der Waals surface area contributed by atoms with Crippen LogP contribution in [0.2, 0.25) is 0 Å². The van der Waals surface area contributed by atoms with E-state index < -0.39 is 11.9 Å². The normalized spacial score (nSPS) is 11.5. The molecule has 17 heavy (non-hydrogen) atoms. The van der Waals surface area contributed by atoms with Crippen LogP contribution in [-0.2, 0) is 6.18 Å². The van der Waals surface area contributed by atoms with Gasteiger partial charge in [0, 0.05) is 18.0 Å². The topological polar surface area (TPSA) is 64.7 Å². The summed E-state index contributed by atoms with van der Waals surface area (Å²) in [4.78, 5) is 10.8. The van der Waals surface area contributed by atoms with Gasteiger partial charge in [0.25, 0.3) is 0 Å². The highest BCUT2D eigenvalue weighted by Gasteiger charge is 2.32. The summed E-state index contributed by atoms with van der Waals surface area (Å²) in [7, 11) is 0. The molecule has 0 atom stereocenters. The summed E-state index contributed by atoms with van der Waals surface area (Å²) in [6.07, 6.45) is -2.02.